The molecule has 2 atom stereocenters. The van der Waals surface area contributed by atoms with Gasteiger partial charge in [-0.2, -0.15) is 0 Å². The average molecular weight is 274 g/mol. The van der Waals surface area contributed by atoms with E-state index in [1.165, 1.54) is 0 Å². The molecule has 18 heavy (non-hydrogen) atoms. The van der Waals surface area contributed by atoms with Crippen LogP contribution in [-0.2, 0) is 6.42 Å². The maximum atomic E-state index is 9.68. The molecule has 0 bridgehead atoms. The van der Waals surface area contributed by atoms with E-state index >= 15 is 0 Å². The first-order valence-corrected chi connectivity index (χ1v) is 6.21. The lowest BCUT2D eigenvalue weighted by Gasteiger charge is -2.16. The molecule has 0 aromatic heterocycles. The number of hydrogen-bond acceptors (Lipinski definition) is 4. The second-order valence-corrected chi connectivity index (χ2v) is 4.67. The van der Waals surface area contributed by atoms with Crippen molar-refractivity contribution in [1.29, 1.82) is 0 Å². The lowest BCUT2D eigenvalue weighted by atomic mass is 10.0. The lowest BCUT2D eigenvalue weighted by Crippen LogP contribution is -2.31. The number of halogens is 1. The number of rotatable bonds is 6. The van der Waals surface area contributed by atoms with E-state index in [-0.39, 0.29) is 6.04 Å². The van der Waals surface area contributed by atoms with Crippen molar-refractivity contribution in [3.63, 3.8) is 0 Å². The number of aliphatic hydroxyl groups is 1. The van der Waals surface area contributed by atoms with Crippen molar-refractivity contribution in [1.82, 2.24) is 0 Å². The topological polar surface area (TPSA) is 64.7 Å². The van der Waals surface area contributed by atoms with Gasteiger partial charge in [0.15, 0.2) is 11.5 Å². The van der Waals surface area contributed by atoms with Crippen molar-refractivity contribution in [2.45, 2.75) is 31.9 Å². The zero-order valence-corrected chi connectivity index (χ0v) is 11.7. The average Bonchev–Trinajstić information content (AvgIpc) is 2.36. The van der Waals surface area contributed by atoms with Crippen LogP contribution in [0.3, 0.4) is 0 Å². The predicted octanol–water partition coefficient (Wildman–Crippen LogP) is 2.00. The summed E-state index contributed by atoms with van der Waals surface area (Å²) in [5, 5.41) is 10.3. The molecule has 0 heterocycles. The summed E-state index contributed by atoms with van der Waals surface area (Å²) in [5.74, 6) is 1.23. The standard InChI is InChI=1S/C13H20ClNO3/c1-8(15)11(16)5-4-9-6-12(17-2)13(18-3)7-10(9)14/h6-8,11,16H,4-5,15H2,1-3H3. The normalized spacial score (nSPS) is 14.1. The van der Waals surface area contributed by atoms with Gasteiger partial charge in [-0.15, -0.1) is 0 Å². The molecule has 3 N–H and O–H groups in total. The summed E-state index contributed by atoms with van der Waals surface area (Å²) in [6.07, 6.45) is 0.670. The van der Waals surface area contributed by atoms with Crippen LogP contribution in [0, 0.1) is 0 Å². The molecule has 0 saturated heterocycles. The molecule has 0 radical (unpaired) electrons. The van der Waals surface area contributed by atoms with Gasteiger partial charge in [0.25, 0.3) is 0 Å². The molecule has 4 nitrogen and oxygen atoms in total. The van der Waals surface area contributed by atoms with Gasteiger partial charge >= 0.3 is 0 Å². The van der Waals surface area contributed by atoms with Gasteiger partial charge in [0.1, 0.15) is 0 Å². The number of hydrogen-bond donors (Lipinski definition) is 2. The predicted molar refractivity (Wildman–Crippen MR) is 72.5 cm³/mol. The minimum Gasteiger partial charge on any atom is -0.493 e. The minimum atomic E-state index is -0.533. The van der Waals surface area contributed by atoms with Crippen LogP contribution in [0.15, 0.2) is 12.1 Å². The second kappa shape index (κ2) is 6.83. The highest BCUT2D eigenvalue weighted by molar-refractivity contribution is 6.31. The highest BCUT2D eigenvalue weighted by Gasteiger charge is 2.13. The summed E-state index contributed by atoms with van der Waals surface area (Å²) < 4.78 is 10.4. The lowest BCUT2D eigenvalue weighted by molar-refractivity contribution is 0.141. The van der Waals surface area contributed by atoms with E-state index < -0.39 is 6.10 Å². The third-order valence-electron chi connectivity index (χ3n) is 2.87. The third-order valence-corrected chi connectivity index (χ3v) is 3.22. The molecule has 0 aliphatic rings. The molecular formula is C13H20ClNO3. The SMILES string of the molecule is COc1cc(Cl)c(CCC(O)C(C)N)cc1OC. The molecule has 0 aliphatic carbocycles. The summed E-state index contributed by atoms with van der Waals surface area (Å²) in [7, 11) is 3.14. The highest BCUT2D eigenvalue weighted by Crippen LogP contribution is 2.33. The molecule has 0 fully saturated rings. The largest absolute Gasteiger partial charge is 0.493 e. The van der Waals surface area contributed by atoms with Crippen molar-refractivity contribution >= 4 is 11.6 Å². The number of nitrogens with two attached hydrogens (primary N) is 1. The van der Waals surface area contributed by atoms with E-state index in [0.29, 0.717) is 29.4 Å². The Morgan fingerprint density at radius 3 is 2.33 bits per heavy atom. The van der Waals surface area contributed by atoms with E-state index in [2.05, 4.69) is 0 Å². The van der Waals surface area contributed by atoms with Crippen molar-refractivity contribution in [2.24, 2.45) is 5.73 Å². The van der Waals surface area contributed by atoms with Crippen LogP contribution in [0.2, 0.25) is 5.02 Å². The van der Waals surface area contributed by atoms with E-state index in [4.69, 9.17) is 26.8 Å². The Labute approximate surface area is 113 Å². The third kappa shape index (κ3) is 3.77. The molecule has 102 valence electrons. The Bertz CT molecular complexity index is 396. The van der Waals surface area contributed by atoms with Crippen molar-refractivity contribution in [3.8, 4) is 11.5 Å². The van der Waals surface area contributed by atoms with Gasteiger partial charge in [-0.3, -0.25) is 0 Å². The molecule has 0 saturated carbocycles. The fourth-order valence-corrected chi connectivity index (χ4v) is 1.90. The molecule has 5 heteroatoms. The quantitative estimate of drug-likeness (QED) is 0.832. The molecule has 2 unspecified atom stereocenters. The fraction of sp³-hybridized carbons (Fsp3) is 0.538. The Kier molecular flexibility index (Phi) is 5.72. The summed E-state index contributed by atoms with van der Waals surface area (Å²) in [6.45, 7) is 1.78. The number of ether oxygens (including phenoxy) is 2. The fourth-order valence-electron chi connectivity index (χ4n) is 1.65. The van der Waals surface area contributed by atoms with Crippen LogP contribution < -0.4 is 15.2 Å². The van der Waals surface area contributed by atoms with Crippen LogP contribution in [0.5, 0.6) is 11.5 Å². The maximum Gasteiger partial charge on any atom is 0.162 e. The summed E-state index contributed by atoms with van der Waals surface area (Å²) in [5.41, 5.74) is 6.52. The van der Waals surface area contributed by atoms with Gasteiger partial charge in [0.2, 0.25) is 0 Å². The Balaban J connectivity index is 2.83. The van der Waals surface area contributed by atoms with Gasteiger partial charge in [0.05, 0.1) is 20.3 Å². The van der Waals surface area contributed by atoms with Gasteiger partial charge in [0, 0.05) is 17.1 Å². The molecule has 1 rings (SSSR count). The molecular weight excluding hydrogens is 254 g/mol. The zero-order valence-electron chi connectivity index (χ0n) is 10.9. The Morgan fingerprint density at radius 2 is 1.83 bits per heavy atom. The van der Waals surface area contributed by atoms with Gasteiger partial charge < -0.3 is 20.3 Å². The van der Waals surface area contributed by atoms with Crippen molar-refractivity contribution < 1.29 is 14.6 Å². The summed E-state index contributed by atoms with van der Waals surface area (Å²) >= 11 is 6.15. The zero-order chi connectivity index (χ0) is 13.7. The first-order valence-electron chi connectivity index (χ1n) is 5.83. The van der Waals surface area contributed by atoms with Crippen molar-refractivity contribution in [2.75, 3.05) is 14.2 Å². The summed E-state index contributed by atoms with van der Waals surface area (Å²) in [4.78, 5) is 0. The van der Waals surface area contributed by atoms with Gasteiger partial charge in [-0.25, -0.2) is 0 Å². The van der Waals surface area contributed by atoms with E-state index in [0.717, 1.165) is 5.56 Å². The van der Waals surface area contributed by atoms with Crippen LogP contribution in [0.25, 0.3) is 0 Å². The number of aryl methyl sites for hydroxylation is 1. The van der Waals surface area contributed by atoms with Gasteiger partial charge in [-0.1, -0.05) is 11.6 Å². The van der Waals surface area contributed by atoms with E-state index in [9.17, 15) is 5.11 Å². The smallest absolute Gasteiger partial charge is 0.162 e. The number of methoxy groups -OCH3 is 2. The van der Waals surface area contributed by atoms with Crippen LogP contribution in [0.1, 0.15) is 18.9 Å². The van der Waals surface area contributed by atoms with Crippen LogP contribution in [0.4, 0.5) is 0 Å². The van der Waals surface area contributed by atoms with Crippen LogP contribution in [-0.4, -0.2) is 31.5 Å². The molecule has 0 aliphatic heterocycles. The Hall–Kier alpha value is -0.970. The maximum absolute atomic E-state index is 9.68. The molecule has 1 aromatic carbocycles. The number of benzene rings is 1. The Morgan fingerprint density at radius 1 is 1.28 bits per heavy atom. The van der Waals surface area contributed by atoms with Crippen molar-refractivity contribution in [3.05, 3.63) is 22.7 Å². The van der Waals surface area contributed by atoms with E-state index in [1.54, 1.807) is 27.2 Å². The van der Waals surface area contributed by atoms with E-state index in [1.807, 2.05) is 6.07 Å². The summed E-state index contributed by atoms with van der Waals surface area (Å²) in [6, 6.07) is 3.30. The highest BCUT2D eigenvalue weighted by atomic mass is 35.5. The monoisotopic (exact) mass is 273 g/mol. The molecule has 0 spiro atoms. The first kappa shape index (κ1) is 15.1. The molecule has 1 aromatic rings. The first-order chi connectivity index (χ1) is 8.49. The van der Waals surface area contributed by atoms with Crippen LogP contribution >= 0.6 is 11.6 Å². The second-order valence-electron chi connectivity index (χ2n) is 4.26. The molecule has 0 amide bonds. The number of aliphatic hydroxyl groups excluding tert-OH is 1. The minimum absolute atomic E-state index is 0.246. The van der Waals surface area contributed by atoms with Gasteiger partial charge in [-0.05, 0) is 31.4 Å².